The van der Waals surface area contributed by atoms with Crippen LogP contribution in [0.15, 0.2) is 34.9 Å². The zero-order valence-electron chi connectivity index (χ0n) is 16.0. The maximum atomic E-state index is 14.1. The Labute approximate surface area is 177 Å². The zero-order valence-corrected chi connectivity index (χ0v) is 17.6. The number of carbonyl (C=O) groups is 1. The second-order valence-electron chi connectivity index (χ2n) is 6.03. The van der Waals surface area contributed by atoms with Gasteiger partial charge in [-0.1, -0.05) is 0 Å². The normalized spacial score (nSPS) is 10.6. The van der Waals surface area contributed by atoms with Crippen LogP contribution in [0, 0.1) is 17.5 Å². The molecule has 0 spiro atoms. The average Bonchev–Trinajstić information content (AvgIpc) is 3.04. The lowest BCUT2D eigenvalue weighted by Crippen LogP contribution is -2.21. The molecule has 1 aromatic heterocycles. The van der Waals surface area contributed by atoms with E-state index in [9.17, 15) is 18.0 Å². The summed E-state index contributed by atoms with van der Waals surface area (Å²) in [7, 11) is 4.24. The molecule has 158 valence electrons. The first-order chi connectivity index (χ1) is 14.3. The number of hydrogen-bond acceptors (Lipinski definition) is 4. The standard InChI is InChI=1S/C19H16BrF3N4O3/c1-27-17(11(20)8-24-27)10-6-9(4-5-14(10)29-2)25-19(28)26-13-7-12(21)18(30-3)16(23)15(13)22/h4-8H,1-3H3,(H2,25,26,28). The van der Waals surface area contributed by atoms with Gasteiger partial charge >= 0.3 is 6.03 Å². The van der Waals surface area contributed by atoms with Gasteiger partial charge in [0.25, 0.3) is 0 Å². The number of urea groups is 1. The van der Waals surface area contributed by atoms with Crippen LogP contribution >= 0.6 is 15.9 Å². The number of aryl methyl sites for hydroxylation is 1. The summed E-state index contributed by atoms with van der Waals surface area (Å²) in [5, 5.41) is 8.71. The lowest BCUT2D eigenvalue weighted by molar-refractivity contribution is 0.262. The Morgan fingerprint density at radius 2 is 1.83 bits per heavy atom. The summed E-state index contributed by atoms with van der Waals surface area (Å²) in [6.07, 6.45) is 1.61. The highest BCUT2D eigenvalue weighted by Gasteiger charge is 2.21. The van der Waals surface area contributed by atoms with Crippen molar-refractivity contribution in [3.8, 4) is 22.8 Å². The molecule has 0 fully saturated rings. The molecule has 0 atom stereocenters. The number of ether oxygens (including phenoxy) is 2. The van der Waals surface area contributed by atoms with Crippen LogP contribution in [0.4, 0.5) is 29.3 Å². The van der Waals surface area contributed by atoms with Crippen molar-refractivity contribution in [2.45, 2.75) is 0 Å². The van der Waals surface area contributed by atoms with E-state index >= 15 is 0 Å². The zero-order chi connectivity index (χ0) is 22.0. The van der Waals surface area contributed by atoms with E-state index in [0.717, 1.165) is 7.11 Å². The molecule has 0 bridgehead atoms. The van der Waals surface area contributed by atoms with Gasteiger partial charge in [0.1, 0.15) is 5.75 Å². The van der Waals surface area contributed by atoms with Gasteiger partial charge in [0.15, 0.2) is 17.4 Å². The van der Waals surface area contributed by atoms with Crippen LogP contribution in [-0.4, -0.2) is 30.0 Å². The third-order valence-electron chi connectivity index (χ3n) is 4.18. The molecule has 0 aliphatic carbocycles. The molecule has 2 aromatic carbocycles. The van der Waals surface area contributed by atoms with Gasteiger partial charge in [-0.05, 0) is 34.1 Å². The number of anilines is 2. The maximum Gasteiger partial charge on any atom is 0.323 e. The average molecular weight is 485 g/mol. The van der Waals surface area contributed by atoms with Crippen LogP contribution in [0.1, 0.15) is 0 Å². The molecule has 3 aromatic rings. The predicted octanol–water partition coefficient (Wildman–Crippen LogP) is 4.93. The van der Waals surface area contributed by atoms with Gasteiger partial charge in [-0.25, -0.2) is 13.6 Å². The van der Waals surface area contributed by atoms with Crippen molar-refractivity contribution in [2.75, 3.05) is 24.9 Å². The minimum atomic E-state index is -1.54. The summed E-state index contributed by atoms with van der Waals surface area (Å²) < 4.78 is 53.9. The molecule has 0 unspecified atom stereocenters. The number of benzene rings is 2. The summed E-state index contributed by atoms with van der Waals surface area (Å²) in [6, 6.07) is 4.52. The van der Waals surface area contributed by atoms with Crippen LogP contribution in [0.3, 0.4) is 0 Å². The van der Waals surface area contributed by atoms with E-state index in [1.54, 1.807) is 36.1 Å². The molecule has 2 N–H and O–H groups in total. The molecule has 3 rings (SSSR count). The second kappa shape index (κ2) is 8.66. The van der Waals surface area contributed by atoms with Crippen molar-refractivity contribution in [1.29, 1.82) is 0 Å². The molecule has 0 saturated carbocycles. The quantitative estimate of drug-likeness (QED) is 0.503. The van der Waals surface area contributed by atoms with E-state index in [1.165, 1.54) is 7.11 Å². The van der Waals surface area contributed by atoms with Crippen molar-refractivity contribution in [2.24, 2.45) is 7.05 Å². The summed E-state index contributed by atoms with van der Waals surface area (Å²) in [5.41, 5.74) is 0.966. The number of nitrogens with zero attached hydrogens (tertiary/aromatic N) is 2. The number of methoxy groups -OCH3 is 2. The van der Waals surface area contributed by atoms with Gasteiger partial charge in [-0.2, -0.15) is 9.49 Å². The Morgan fingerprint density at radius 3 is 2.43 bits per heavy atom. The van der Waals surface area contributed by atoms with Gasteiger partial charge in [-0.3, -0.25) is 4.68 Å². The van der Waals surface area contributed by atoms with E-state index < -0.39 is 34.9 Å². The number of nitrogens with one attached hydrogen (secondary N) is 2. The molecule has 30 heavy (non-hydrogen) atoms. The number of hydrogen-bond donors (Lipinski definition) is 2. The smallest absolute Gasteiger partial charge is 0.323 e. The molecule has 0 aliphatic rings. The summed E-state index contributed by atoms with van der Waals surface area (Å²) in [5.74, 6) is -4.49. The monoisotopic (exact) mass is 484 g/mol. The summed E-state index contributed by atoms with van der Waals surface area (Å²) in [4.78, 5) is 12.3. The third-order valence-corrected chi connectivity index (χ3v) is 4.76. The van der Waals surface area contributed by atoms with Crippen LogP contribution < -0.4 is 20.1 Å². The Balaban J connectivity index is 1.87. The van der Waals surface area contributed by atoms with E-state index in [-0.39, 0.29) is 0 Å². The van der Waals surface area contributed by atoms with Gasteiger partial charge in [0.05, 0.1) is 36.3 Å². The molecule has 0 aliphatic heterocycles. The lowest BCUT2D eigenvalue weighted by Gasteiger charge is -2.14. The number of rotatable bonds is 5. The lowest BCUT2D eigenvalue weighted by atomic mass is 10.1. The number of amides is 2. The largest absolute Gasteiger partial charge is 0.496 e. The number of carbonyl (C=O) groups excluding carboxylic acids is 1. The molecule has 7 nitrogen and oxygen atoms in total. The van der Waals surface area contributed by atoms with E-state index in [2.05, 4.69) is 36.4 Å². The molecule has 2 amide bonds. The van der Waals surface area contributed by atoms with Crippen molar-refractivity contribution in [3.05, 3.63) is 52.4 Å². The minimum absolute atomic E-state index is 0.325. The van der Waals surface area contributed by atoms with Crippen molar-refractivity contribution >= 4 is 33.3 Å². The fourth-order valence-corrected chi connectivity index (χ4v) is 3.39. The SMILES string of the molecule is COc1ccc(NC(=O)Nc2cc(F)c(OC)c(F)c2F)cc1-c1c(Br)cnn1C. The van der Waals surface area contributed by atoms with Gasteiger partial charge in [0, 0.05) is 24.4 Å². The Bertz CT molecular complexity index is 1100. The Morgan fingerprint density at radius 1 is 1.10 bits per heavy atom. The van der Waals surface area contributed by atoms with Crippen LogP contribution in [0.5, 0.6) is 11.5 Å². The van der Waals surface area contributed by atoms with Crippen LogP contribution in [-0.2, 0) is 7.05 Å². The first-order valence-electron chi connectivity index (χ1n) is 8.42. The first kappa shape index (κ1) is 21.5. The van der Waals surface area contributed by atoms with E-state index in [1.807, 2.05) is 0 Å². The summed E-state index contributed by atoms with van der Waals surface area (Å²) in [6.45, 7) is 0. The Kier molecular flexibility index (Phi) is 6.20. The highest BCUT2D eigenvalue weighted by Crippen LogP contribution is 2.36. The van der Waals surface area contributed by atoms with Crippen LogP contribution in [0.2, 0.25) is 0 Å². The fraction of sp³-hybridized carbons (Fsp3) is 0.158. The molecular weight excluding hydrogens is 469 g/mol. The van der Waals surface area contributed by atoms with E-state index in [4.69, 9.17) is 4.74 Å². The molecule has 11 heteroatoms. The van der Waals surface area contributed by atoms with Crippen molar-refractivity contribution in [3.63, 3.8) is 0 Å². The van der Waals surface area contributed by atoms with Crippen LogP contribution in [0.25, 0.3) is 11.3 Å². The highest BCUT2D eigenvalue weighted by molar-refractivity contribution is 9.10. The molecule has 0 radical (unpaired) electrons. The van der Waals surface area contributed by atoms with Crippen molar-refractivity contribution < 1.29 is 27.4 Å². The summed E-state index contributed by atoms with van der Waals surface area (Å²) >= 11 is 3.41. The second-order valence-corrected chi connectivity index (χ2v) is 6.88. The highest BCUT2D eigenvalue weighted by atomic mass is 79.9. The maximum absolute atomic E-state index is 14.1. The minimum Gasteiger partial charge on any atom is -0.496 e. The number of halogens is 4. The Hall–Kier alpha value is -3.21. The number of aromatic nitrogens is 2. The van der Waals surface area contributed by atoms with E-state index in [0.29, 0.717) is 33.2 Å². The molecule has 1 heterocycles. The molecular formula is C19H16BrF3N4O3. The van der Waals surface area contributed by atoms with Gasteiger partial charge in [-0.15, -0.1) is 0 Å². The van der Waals surface area contributed by atoms with Gasteiger partial charge in [0.2, 0.25) is 5.82 Å². The van der Waals surface area contributed by atoms with Crippen molar-refractivity contribution in [1.82, 2.24) is 9.78 Å². The first-order valence-corrected chi connectivity index (χ1v) is 9.21. The van der Waals surface area contributed by atoms with Gasteiger partial charge < -0.3 is 20.1 Å². The fourth-order valence-electron chi connectivity index (χ4n) is 2.83. The topological polar surface area (TPSA) is 77.4 Å². The predicted molar refractivity (Wildman–Crippen MR) is 108 cm³/mol. The molecule has 0 saturated heterocycles. The third kappa shape index (κ3) is 4.06.